The Balaban J connectivity index is 2.42. The van der Waals surface area contributed by atoms with Crippen molar-refractivity contribution in [2.45, 2.75) is 19.8 Å². The zero-order valence-electron chi connectivity index (χ0n) is 11.7. The Bertz CT molecular complexity index is 801. The molecule has 2 heteroatoms. The number of rotatable bonds is 2. The number of aromatic nitrogens is 1. The molecule has 1 aromatic heterocycles. The van der Waals surface area contributed by atoms with E-state index in [1.165, 1.54) is 0 Å². The van der Waals surface area contributed by atoms with Crippen molar-refractivity contribution in [2.24, 2.45) is 0 Å². The zero-order chi connectivity index (χ0) is 14.1. The molecule has 0 atom stereocenters. The predicted octanol–water partition coefficient (Wildman–Crippen LogP) is 4.32. The summed E-state index contributed by atoms with van der Waals surface area (Å²) in [5, 5.41) is 2.15. The number of hydrogen-bond donors (Lipinski definition) is 1. The standard InChI is InChI=1S/C18H17NO/c1-12(2)16-14-10-6-7-11-15(14)17(19-18(16)20)13-8-4-3-5-9-13/h3-12H,1-2H3,(H,19,20). The highest BCUT2D eigenvalue weighted by Gasteiger charge is 2.14. The summed E-state index contributed by atoms with van der Waals surface area (Å²) in [7, 11) is 0. The number of fused-ring (bicyclic) bond motifs is 1. The number of hydrogen-bond acceptors (Lipinski definition) is 1. The lowest BCUT2D eigenvalue weighted by molar-refractivity contribution is 0.856. The Morgan fingerprint density at radius 1 is 0.850 bits per heavy atom. The van der Waals surface area contributed by atoms with E-state index in [-0.39, 0.29) is 11.5 Å². The predicted molar refractivity (Wildman–Crippen MR) is 84.1 cm³/mol. The third-order valence-corrected chi connectivity index (χ3v) is 3.61. The average molecular weight is 263 g/mol. The van der Waals surface area contributed by atoms with Crippen molar-refractivity contribution in [1.82, 2.24) is 4.98 Å². The second-order valence-electron chi connectivity index (χ2n) is 5.31. The Labute approximate surface area is 118 Å². The molecule has 0 amide bonds. The van der Waals surface area contributed by atoms with E-state index in [0.717, 1.165) is 27.6 Å². The molecular formula is C18H17NO. The second kappa shape index (κ2) is 4.97. The maximum Gasteiger partial charge on any atom is 0.252 e. The highest BCUT2D eigenvalue weighted by atomic mass is 16.1. The molecule has 0 aliphatic rings. The maximum absolute atomic E-state index is 12.4. The lowest BCUT2D eigenvalue weighted by Crippen LogP contribution is -2.15. The van der Waals surface area contributed by atoms with Crippen molar-refractivity contribution < 1.29 is 0 Å². The van der Waals surface area contributed by atoms with Gasteiger partial charge in [0.2, 0.25) is 0 Å². The van der Waals surface area contributed by atoms with E-state index in [0.29, 0.717) is 0 Å². The molecule has 0 spiro atoms. The molecule has 3 aromatic rings. The fraction of sp³-hybridized carbons (Fsp3) is 0.167. The summed E-state index contributed by atoms with van der Waals surface area (Å²) < 4.78 is 0. The molecule has 1 heterocycles. The van der Waals surface area contributed by atoms with Crippen LogP contribution in [0, 0.1) is 0 Å². The summed E-state index contributed by atoms with van der Waals surface area (Å²) in [4.78, 5) is 15.5. The van der Waals surface area contributed by atoms with Crippen LogP contribution >= 0.6 is 0 Å². The van der Waals surface area contributed by atoms with Crippen molar-refractivity contribution in [2.75, 3.05) is 0 Å². The fourth-order valence-corrected chi connectivity index (χ4v) is 2.71. The van der Waals surface area contributed by atoms with E-state index in [2.05, 4.69) is 24.9 Å². The normalized spacial score (nSPS) is 11.2. The number of pyridine rings is 1. The minimum atomic E-state index is 0.0116. The zero-order valence-corrected chi connectivity index (χ0v) is 11.7. The molecule has 0 saturated carbocycles. The first-order chi connectivity index (χ1) is 9.68. The molecule has 0 radical (unpaired) electrons. The lowest BCUT2D eigenvalue weighted by atomic mass is 9.95. The van der Waals surface area contributed by atoms with E-state index < -0.39 is 0 Å². The molecule has 0 aliphatic heterocycles. The molecule has 100 valence electrons. The largest absolute Gasteiger partial charge is 0.321 e. The van der Waals surface area contributed by atoms with Gasteiger partial charge >= 0.3 is 0 Å². The van der Waals surface area contributed by atoms with E-state index >= 15 is 0 Å². The number of benzene rings is 2. The fourth-order valence-electron chi connectivity index (χ4n) is 2.71. The van der Waals surface area contributed by atoms with Gasteiger partial charge in [-0.15, -0.1) is 0 Å². The molecular weight excluding hydrogens is 246 g/mol. The van der Waals surface area contributed by atoms with Crippen LogP contribution in [0.4, 0.5) is 0 Å². The maximum atomic E-state index is 12.4. The molecule has 0 fully saturated rings. The quantitative estimate of drug-likeness (QED) is 0.734. The third kappa shape index (κ3) is 2.03. The van der Waals surface area contributed by atoms with Crippen LogP contribution in [0.15, 0.2) is 59.4 Å². The molecule has 2 nitrogen and oxygen atoms in total. The number of nitrogens with one attached hydrogen (secondary N) is 1. The van der Waals surface area contributed by atoms with Gasteiger partial charge in [0.25, 0.3) is 5.56 Å². The molecule has 0 bridgehead atoms. The van der Waals surface area contributed by atoms with Gasteiger partial charge in [-0.05, 0) is 16.9 Å². The monoisotopic (exact) mass is 263 g/mol. The topological polar surface area (TPSA) is 32.9 Å². The van der Waals surface area contributed by atoms with Crippen LogP contribution in [0.1, 0.15) is 25.3 Å². The Hall–Kier alpha value is -2.35. The van der Waals surface area contributed by atoms with Crippen molar-refractivity contribution in [1.29, 1.82) is 0 Å². The molecule has 0 unspecified atom stereocenters. The molecule has 3 rings (SSSR count). The van der Waals surface area contributed by atoms with E-state index in [1.54, 1.807) is 0 Å². The smallest absolute Gasteiger partial charge is 0.252 e. The van der Waals surface area contributed by atoms with Crippen LogP contribution in [-0.2, 0) is 0 Å². The number of H-pyrrole nitrogens is 1. The number of aromatic amines is 1. The third-order valence-electron chi connectivity index (χ3n) is 3.61. The van der Waals surface area contributed by atoms with Crippen LogP contribution in [0.25, 0.3) is 22.0 Å². The first-order valence-electron chi connectivity index (χ1n) is 6.89. The van der Waals surface area contributed by atoms with Gasteiger partial charge in [-0.25, -0.2) is 0 Å². The summed E-state index contributed by atoms with van der Waals surface area (Å²) in [6, 6.07) is 18.1. The summed E-state index contributed by atoms with van der Waals surface area (Å²) in [5.41, 5.74) is 2.81. The van der Waals surface area contributed by atoms with Gasteiger partial charge in [0.15, 0.2) is 0 Å². The van der Waals surface area contributed by atoms with Crippen molar-refractivity contribution >= 4 is 10.8 Å². The Kier molecular flexibility index (Phi) is 3.15. The molecule has 0 saturated heterocycles. The van der Waals surface area contributed by atoms with E-state index in [1.807, 2.05) is 48.5 Å². The lowest BCUT2D eigenvalue weighted by Gasteiger charge is -2.13. The van der Waals surface area contributed by atoms with Crippen LogP contribution in [0.5, 0.6) is 0 Å². The van der Waals surface area contributed by atoms with Gasteiger partial charge in [0.1, 0.15) is 0 Å². The highest BCUT2D eigenvalue weighted by molar-refractivity contribution is 5.96. The highest BCUT2D eigenvalue weighted by Crippen LogP contribution is 2.29. The van der Waals surface area contributed by atoms with Crippen LogP contribution < -0.4 is 5.56 Å². The summed E-state index contributed by atoms with van der Waals surface area (Å²) in [6.07, 6.45) is 0. The van der Waals surface area contributed by atoms with E-state index in [9.17, 15) is 4.79 Å². The Morgan fingerprint density at radius 3 is 2.10 bits per heavy atom. The molecule has 0 aliphatic carbocycles. The second-order valence-corrected chi connectivity index (χ2v) is 5.31. The Morgan fingerprint density at radius 2 is 1.45 bits per heavy atom. The van der Waals surface area contributed by atoms with Crippen LogP contribution in [-0.4, -0.2) is 4.98 Å². The molecule has 2 aromatic carbocycles. The minimum Gasteiger partial charge on any atom is -0.321 e. The average Bonchev–Trinajstić information content (AvgIpc) is 2.47. The summed E-state index contributed by atoms with van der Waals surface area (Å²) in [6.45, 7) is 4.11. The minimum absolute atomic E-state index is 0.0116. The van der Waals surface area contributed by atoms with Crippen LogP contribution in [0.3, 0.4) is 0 Å². The van der Waals surface area contributed by atoms with Gasteiger partial charge in [0, 0.05) is 10.9 Å². The van der Waals surface area contributed by atoms with E-state index in [4.69, 9.17) is 0 Å². The van der Waals surface area contributed by atoms with Gasteiger partial charge in [-0.3, -0.25) is 4.79 Å². The van der Waals surface area contributed by atoms with Gasteiger partial charge in [-0.1, -0.05) is 68.4 Å². The SMILES string of the molecule is CC(C)c1c(=O)[nH]c(-c2ccccc2)c2ccccc12. The first-order valence-corrected chi connectivity index (χ1v) is 6.89. The van der Waals surface area contributed by atoms with Crippen molar-refractivity contribution in [3.63, 3.8) is 0 Å². The summed E-state index contributed by atoms with van der Waals surface area (Å²) >= 11 is 0. The van der Waals surface area contributed by atoms with Crippen molar-refractivity contribution in [3.05, 3.63) is 70.5 Å². The van der Waals surface area contributed by atoms with Crippen molar-refractivity contribution in [3.8, 4) is 11.3 Å². The molecule has 1 N–H and O–H groups in total. The van der Waals surface area contributed by atoms with Crippen LogP contribution in [0.2, 0.25) is 0 Å². The molecule has 20 heavy (non-hydrogen) atoms. The van der Waals surface area contributed by atoms with Gasteiger partial charge < -0.3 is 4.98 Å². The van der Waals surface area contributed by atoms with Gasteiger partial charge in [-0.2, -0.15) is 0 Å². The first kappa shape index (κ1) is 12.7. The summed E-state index contributed by atoms with van der Waals surface area (Å²) in [5.74, 6) is 0.202. The van der Waals surface area contributed by atoms with Gasteiger partial charge in [0.05, 0.1) is 5.69 Å².